The zero-order valence-corrected chi connectivity index (χ0v) is 10.4. The highest BCUT2D eigenvalue weighted by Gasteiger charge is 2.13. The van der Waals surface area contributed by atoms with Crippen molar-refractivity contribution in [3.8, 4) is 0 Å². The van der Waals surface area contributed by atoms with Gasteiger partial charge in [0, 0.05) is 6.07 Å². The van der Waals surface area contributed by atoms with E-state index in [1.54, 1.807) is 6.07 Å². The zero-order chi connectivity index (χ0) is 12.8. The summed E-state index contributed by atoms with van der Waals surface area (Å²) in [5.74, 6) is 6.03. The summed E-state index contributed by atoms with van der Waals surface area (Å²) in [4.78, 5) is 15.6. The molecule has 18 heavy (non-hydrogen) atoms. The van der Waals surface area contributed by atoms with Crippen LogP contribution >= 0.6 is 0 Å². The second-order valence-corrected chi connectivity index (χ2v) is 4.57. The fraction of sp³-hybridized carbons (Fsp3) is 0.583. The summed E-state index contributed by atoms with van der Waals surface area (Å²) in [5.41, 5.74) is 2.91. The molecule has 0 amide bonds. The predicted octanol–water partition coefficient (Wildman–Crippen LogP) is 0.703. The highest BCUT2D eigenvalue weighted by atomic mass is 16.1. The number of amidine groups is 1. The molecule has 0 atom stereocenters. The lowest BCUT2D eigenvalue weighted by atomic mass is 10.1. The summed E-state index contributed by atoms with van der Waals surface area (Å²) >= 11 is 0. The average Bonchev–Trinajstić information content (AvgIpc) is 2.66. The summed E-state index contributed by atoms with van der Waals surface area (Å²) in [6.45, 7) is 0. The van der Waals surface area contributed by atoms with Gasteiger partial charge in [0.1, 0.15) is 5.69 Å². The Kier molecular flexibility index (Phi) is 4.46. The fourth-order valence-electron chi connectivity index (χ4n) is 2.22. The van der Waals surface area contributed by atoms with E-state index < -0.39 is 0 Å². The molecule has 1 aliphatic rings. The van der Waals surface area contributed by atoms with Crippen LogP contribution in [0.5, 0.6) is 0 Å². The molecular formula is C12H19N5O. The number of aromatic amines is 1. The second kappa shape index (κ2) is 6.30. The van der Waals surface area contributed by atoms with Gasteiger partial charge in [0.2, 0.25) is 0 Å². The minimum absolute atomic E-state index is 0.232. The minimum atomic E-state index is -0.232. The van der Waals surface area contributed by atoms with Crippen LogP contribution in [0.3, 0.4) is 0 Å². The monoisotopic (exact) mass is 249 g/mol. The first-order chi connectivity index (χ1) is 8.79. The van der Waals surface area contributed by atoms with Gasteiger partial charge < -0.3 is 5.43 Å². The number of H-pyrrole nitrogens is 1. The largest absolute Gasteiger partial charge is 0.307 e. The topological polar surface area (TPSA) is 96.2 Å². The number of hydrogen-bond donors (Lipinski definition) is 3. The first-order valence-electron chi connectivity index (χ1n) is 6.40. The van der Waals surface area contributed by atoms with E-state index in [-0.39, 0.29) is 5.56 Å². The number of hydrazine groups is 1. The van der Waals surface area contributed by atoms with Crippen LogP contribution in [0.2, 0.25) is 0 Å². The zero-order valence-electron chi connectivity index (χ0n) is 10.4. The number of nitrogens with one attached hydrogen (secondary N) is 2. The number of aliphatic imine (C=N–C) groups is 1. The SMILES string of the molecule is NNC(=NC1CCCCCC1)c1ccc(=O)[nH]n1. The van der Waals surface area contributed by atoms with Crippen molar-refractivity contribution in [1.29, 1.82) is 0 Å². The normalized spacial score (nSPS) is 18.4. The third-order valence-corrected chi connectivity index (χ3v) is 3.19. The molecule has 1 heterocycles. The van der Waals surface area contributed by atoms with E-state index in [2.05, 4.69) is 20.6 Å². The van der Waals surface area contributed by atoms with Crippen LogP contribution < -0.4 is 16.8 Å². The van der Waals surface area contributed by atoms with Crippen molar-refractivity contribution in [2.45, 2.75) is 44.6 Å². The van der Waals surface area contributed by atoms with E-state index >= 15 is 0 Å². The Morgan fingerprint density at radius 1 is 1.33 bits per heavy atom. The first-order valence-corrected chi connectivity index (χ1v) is 6.40. The van der Waals surface area contributed by atoms with Crippen molar-refractivity contribution in [3.63, 3.8) is 0 Å². The molecule has 4 N–H and O–H groups in total. The van der Waals surface area contributed by atoms with Gasteiger partial charge in [-0.1, -0.05) is 25.7 Å². The van der Waals surface area contributed by atoms with Gasteiger partial charge in [-0.3, -0.25) is 9.79 Å². The smallest absolute Gasteiger partial charge is 0.264 e. The van der Waals surface area contributed by atoms with Gasteiger partial charge in [0.15, 0.2) is 5.84 Å². The molecule has 0 radical (unpaired) electrons. The maximum Gasteiger partial charge on any atom is 0.264 e. The van der Waals surface area contributed by atoms with E-state index in [1.165, 1.54) is 31.7 Å². The standard InChI is InChI=1S/C12H19N5O/c13-15-12(10-7-8-11(18)17-16-10)14-9-5-3-1-2-4-6-9/h7-9H,1-6,13H2,(H,14,15)(H,17,18). The van der Waals surface area contributed by atoms with Gasteiger partial charge in [-0.15, -0.1) is 0 Å². The molecule has 1 fully saturated rings. The number of hydrogen-bond acceptors (Lipinski definition) is 4. The molecule has 1 saturated carbocycles. The summed E-state index contributed by atoms with van der Waals surface area (Å²) in [6.07, 6.45) is 7.18. The Morgan fingerprint density at radius 3 is 2.61 bits per heavy atom. The van der Waals surface area contributed by atoms with Crippen molar-refractivity contribution in [3.05, 3.63) is 28.2 Å². The number of nitrogens with zero attached hydrogens (tertiary/aromatic N) is 2. The maximum absolute atomic E-state index is 11.0. The quantitative estimate of drug-likeness (QED) is 0.236. The Balaban J connectivity index is 2.15. The van der Waals surface area contributed by atoms with E-state index in [0.29, 0.717) is 17.6 Å². The number of nitrogens with two attached hydrogens (primary N) is 1. The summed E-state index contributed by atoms with van der Waals surface area (Å²) in [6, 6.07) is 3.34. The lowest BCUT2D eigenvalue weighted by Gasteiger charge is -2.11. The number of rotatable bonds is 2. The fourth-order valence-corrected chi connectivity index (χ4v) is 2.22. The van der Waals surface area contributed by atoms with Crippen LogP contribution in [0.1, 0.15) is 44.2 Å². The minimum Gasteiger partial charge on any atom is -0.307 e. The predicted molar refractivity (Wildman–Crippen MR) is 70.2 cm³/mol. The Bertz CT molecular complexity index is 439. The number of aromatic nitrogens is 2. The summed E-state index contributed by atoms with van der Waals surface area (Å²) < 4.78 is 0. The molecule has 1 aromatic heterocycles. The Morgan fingerprint density at radius 2 is 2.06 bits per heavy atom. The average molecular weight is 249 g/mol. The van der Waals surface area contributed by atoms with Crippen molar-refractivity contribution in [1.82, 2.24) is 15.6 Å². The lowest BCUT2D eigenvalue weighted by molar-refractivity contribution is 0.583. The Hall–Kier alpha value is -1.69. The van der Waals surface area contributed by atoms with Crippen LogP contribution in [0.4, 0.5) is 0 Å². The van der Waals surface area contributed by atoms with Crippen LogP contribution in [0.25, 0.3) is 0 Å². The molecule has 0 unspecified atom stereocenters. The van der Waals surface area contributed by atoms with Gasteiger partial charge in [-0.2, -0.15) is 5.10 Å². The van der Waals surface area contributed by atoms with Crippen molar-refractivity contribution in [2.75, 3.05) is 0 Å². The van der Waals surface area contributed by atoms with Gasteiger partial charge in [0.05, 0.1) is 6.04 Å². The van der Waals surface area contributed by atoms with Gasteiger partial charge in [-0.25, -0.2) is 10.9 Å². The third-order valence-electron chi connectivity index (χ3n) is 3.19. The van der Waals surface area contributed by atoms with E-state index in [4.69, 9.17) is 5.84 Å². The molecule has 2 rings (SSSR count). The molecule has 1 aliphatic carbocycles. The van der Waals surface area contributed by atoms with E-state index in [1.807, 2.05) is 0 Å². The molecule has 0 aliphatic heterocycles. The third kappa shape index (κ3) is 3.40. The second-order valence-electron chi connectivity index (χ2n) is 4.57. The molecule has 0 spiro atoms. The molecule has 0 saturated heterocycles. The molecule has 1 aromatic rings. The summed E-state index contributed by atoms with van der Waals surface area (Å²) in [5, 5.41) is 6.31. The van der Waals surface area contributed by atoms with Crippen molar-refractivity contribution < 1.29 is 0 Å². The summed E-state index contributed by atoms with van der Waals surface area (Å²) in [7, 11) is 0. The molecule has 6 heteroatoms. The lowest BCUT2D eigenvalue weighted by Crippen LogP contribution is -2.33. The highest BCUT2D eigenvalue weighted by molar-refractivity contribution is 5.96. The molecule has 6 nitrogen and oxygen atoms in total. The molecular weight excluding hydrogens is 230 g/mol. The molecule has 0 aromatic carbocycles. The van der Waals surface area contributed by atoms with Crippen LogP contribution in [0.15, 0.2) is 21.9 Å². The van der Waals surface area contributed by atoms with Gasteiger partial charge >= 0.3 is 0 Å². The maximum atomic E-state index is 11.0. The molecule has 98 valence electrons. The van der Waals surface area contributed by atoms with Crippen molar-refractivity contribution in [2.24, 2.45) is 10.8 Å². The van der Waals surface area contributed by atoms with Gasteiger partial charge in [-0.05, 0) is 18.9 Å². The van der Waals surface area contributed by atoms with Crippen LogP contribution in [-0.2, 0) is 0 Å². The Labute approximate surface area is 106 Å². The van der Waals surface area contributed by atoms with Gasteiger partial charge in [0.25, 0.3) is 5.56 Å². The van der Waals surface area contributed by atoms with Crippen LogP contribution in [-0.4, -0.2) is 22.1 Å². The molecule has 0 bridgehead atoms. The van der Waals surface area contributed by atoms with E-state index in [9.17, 15) is 4.79 Å². The van der Waals surface area contributed by atoms with Crippen LogP contribution in [0, 0.1) is 0 Å². The highest BCUT2D eigenvalue weighted by Crippen LogP contribution is 2.20. The first kappa shape index (κ1) is 12.8. The van der Waals surface area contributed by atoms with Crippen molar-refractivity contribution >= 4 is 5.84 Å². The van der Waals surface area contributed by atoms with E-state index in [0.717, 1.165) is 12.8 Å².